The number of amides is 1. The van der Waals surface area contributed by atoms with Gasteiger partial charge < -0.3 is 29.5 Å². The number of carbonyl (C=O) groups excluding carboxylic acids is 2. The number of Topliss-reactive ketones (excluding diaryl/α,β-unsaturated/α-hetero) is 1. The number of carbonyl (C=O) groups is 2. The monoisotopic (exact) mass is 502 g/mol. The zero-order chi connectivity index (χ0) is 25.7. The van der Waals surface area contributed by atoms with Crippen LogP contribution in [0.2, 0.25) is 5.02 Å². The lowest BCUT2D eigenvalue weighted by Gasteiger charge is -2.28. The van der Waals surface area contributed by atoms with Crippen LogP contribution >= 0.6 is 11.6 Å². The molecule has 3 rings (SSSR count). The lowest BCUT2D eigenvalue weighted by molar-refractivity contribution is -0.140. The minimum Gasteiger partial charge on any atom is -0.507 e. The Hall–Kier alpha value is -3.23. The van der Waals surface area contributed by atoms with Crippen molar-refractivity contribution in [3.63, 3.8) is 0 Å². The third kappa shape index (κ3) is 5.39. The van der Waals surface area contributed by atoms with E-state index in [9.17, 15) is 19.8 Å². The van der Waals surface area contributed by atoms with Gasteiger partial charge in [0, 0.05) is 18.7 Å². The Labute approximate surface area is 210 Å². The normalized spacial score (nSPS) is 17.3. The number of likely N-dealkylation sites (tertiary alicyclic amines) is 1. The predicted molar refractivity (Wildman–Crippen MR) is 134 cm³/mol. The van der Waals surface area contributed by atoms with E-state index in [0.717, 1.165) is 13.1 Å². The number of hydrogen-bond donors (Lipinski definition) is 2. The number of nitrogens with zero attached hydrogens (tertiary/aromatic N) is 2. The molecular formula is C26H31ClN2O6. The second-order valence-electron chi connectivity index (χ2n) is 8.03. The Balaban J connectivity index is 2.14. The molecule has 0 saturated carbocycles. The van der Waals surface area contributed by atoms with Gasteiger partial charge in [-0.3, -0.25) is 9.59 Å². The lowest BCUT2D eigenvalue weighted by Crippen LogP contribution is -2.38. The molecule has 2 aromatic carbocycles. The maximum atomic E-state index is 13.2. The molecule has 188 valence electrons. The number of ether oxygens (including phenoxy) is 2. The van der Waals surface area contributed by atoms with Gasteiger partial charge in [0.25, 0.3) is 11.7 Å². The molecule has 2 aromatic rings. The number of likely N-dealkylation sites (N-methyl/N-ethyl adjacent to an activating group) is 1. The molecule has 1 aliphatic rings. The molecule has 2 N–H and O–H groups in total. The first kappa shape index (κ1) is 26.4. The van der Waals surface area contributed by atoms with Crippen molar-refractivity contribution in [3.05, 3.63) is 58.1 Å². The molecule has 35 heavy (non-hydrogen) atoms. The van der Waals surface area contributed by atoms with E-state index in [4.69, 9.17) is 21.1 Å². The average molecular weight is 503 g/mol. The molecule has 1 saturated heterocycles. The highest BCUT2D eigenvalue weighted by Gasteiger charge is 2.46. The van der Waals surface area contributed by atoms with Crippen molar-refractivity contribution in [3.8, 4) is 17.2 Å². The molecule has 1 amide bonds. The number of aliphatic hydroxyl groups excluding tert-OH is 1. The summed E-state index contributed by atoms with van der Waals surface area (Å²) in [4.78, 5) is 29.9. The summed E-state index contributed by atoms with van der Waals surface area (Å²) >= 11 is 6.31. The fourth-order valence-electron chi connectivity index (χ4n) is 4.19. The number of phenols is 1. The molecule has 0 radical (unpaired) electrons. The molecule has 1 fully saturated rings. The van der Waals surface area contributed by atoms with Crippen LogP contribution in [0.3, 0.4) is 0 Å². The molecule has 0 bridgehead atoms. The summed E-state index contributed by atoms with van der Waals surface area (Å²) in [7, 11) is 1.41. The van der Waals surface area contributed by atoms with Gasteiger partial charge in [0.1, 0.15) is 11.5 Å². The van der Waals surface area contributed by atoms with Crippen LogP contribution < -0.4 is 9.47 Å². The van der Waals surface area contributed by atoms with Crippen LogP contribution in [0.5, 0.6) is 17.2 Å². The Morgan fingerprint density at radius 3 is 2.40 bits per heavy atom. The van der Waals surface area contributed by atoms with Gasteiger partial charge in [-0.2, -0.15) is 0 Å². The number of rotatable bonds is 10. The maximum Gasteiger partial charge on any atom is 0.295 e. The van der Waals surface area contributed by atoms with Crippen LogP contribution in [0, 0.1) is 0 Å². The van der Waals surface area contributed by atoms with Crippen LogP contribution in [0.25, 0.3) is 5.76 Å². The number of methoxy groups -OCH3 is 1. The number of aromatic hydroxyl groups is 1. The largest absolute Gasteiger partial charge is 0.507 e. The van der Waals surface area contributed by atoms with E-state index in [1.807, 2.05) is 20.8 Å². The molecule has 1 aliphatic heterocycles. The van der Waals surface area contributed by atoms with Crippen molar-refractivity contribution in [1.29, 1.82) is 0 Å². The smallest absolute Gasteiger partial charge is 0.295 e. The number of ketones is 1. The van der Waals surface area contributed by atoms with Crippen LogP contribution in [0.4, 0.5) is 0 Å². The van der Waals surface area contributed by atoms with Crippen LogP contribution in [-0.4, -0.2) is 71.6 Å². The zero-order valence-corrected chi connectivity index (χ0v) is 21.1. The van der Waals surface area contributed by atoms with Gasteiger partial charge in [-0.15, -0.1) is 0 Å². The highest BCUT2D eigenvalue weighted by atomic mass is 35.5. The standard InChI is InChI=1S/C26H31ClN2O6/c1-5-28(6-2)12-13-29-23(16-8-10-19(30)21(15-16)34-4)22(25(32)26(29)33)24(31)17-9-11-20(35-7-3)18(27)14-17/h8-11,14-15,23,30-31H,5-7,12-13H2,1-4H3/b24-22+. The third-order valence-electron chi connectivity index (χ3n) is 6.12. The Kier molecular flexibility index (Phi) is 8.64. The van der Waals surface area contributed by atoms with E-state index in [1.165, 1.54) is 24.1 Å². The summed E-state index contributed by atoms with van der Waals surface area (Å²) in [6.45, 7) is 8.72. The van der Waals surface area contributed by atoms with Crippen molar-refractivity contribution >= 4 is 29.1 Å². The Bertz CT molecular complexity index is 1130. The zero-order valence-electron chi connectivity index (χ0n) is 20.4. The van der Waals surface area contributed by atoms with Crippen LogP contribution in [0.15, 0.2) is 42.0 Å². The summed E-state index contributed by atoms with van der Waals surface area (Å²) < 4.78 is 10.7. The van der Waals surface area contributed by atoms with Gasteiger partial charge in [-0.1, -0.05) is 31.5 Å². The fraction of sp³-hybridized carbons (Fsp3) is 0.385. The third-order valence-corrected chi connectivity index (χ3v) is 6.41. The molecule has 0 spiro atoms. The number of halogens is 1. The molecule has 1 heterocycles. The quantitative estimate of drug-likeness (QED) is 0.285. The van der Waals surface area contributed by atoms with Crippen LogP contribution in [0.1, 0.15) is 37.9 Å². The molecule has 0 aromatic heterocycles. The number of hydrogen-bond acceptors (Lipinski definition) is 7. The van der Waals surface area contributed by atoms with Crippen molar-refractivity contribution < 1.29 is 29.3 Å². The minimum atomic E-state index is -0.870. The number of aliphatic hydroxyl groups is 1. The van der Waals surface area contributed by atoms with Gasteiger partial charge in [-0.25, -0.2) is 0 Å². The highest BCUT2D eigenvalue weighted by Crippen LogP contribution is 2.42. The first-order valence-electron chi connectivity index (χ1n) is 11.6. The minimum absolute atomic E-state index is 0.0532. The Morgan fingerprint density at radius 2 is 1.80 bits per heavy atom. The summed E-state index contributed by atoms with van der Waals surface area (Å²) in [5.41, 5.74) is 0.760. The second-order valence-corrected chi connectivity index (χ2v) is 8.44. The maximum absolute atomic E-state index is 13.2. The SMILES string of the molecule is CCOc1ccc(/C(O)=C2\C(=O)C(=O)N(CCN(CC)CC)C2c2ccc(O)c(OC)c2)cc1Cl. The van der Waals surface area contributed by atoms with Gasteiger partial charge >= 0.3 is 0 Å². The first-order chi connectivity index (χ1) is 16.8. The van der Waals surface area contributed by atoms with E-state index in [-0.39, 0.29) is 40.0 Å². The van der Waals surface area contributed by atoms with E-state index in [1.54, 1.807) is 24.3 Å². The number of phenolic OH excluding ortho intramolecular Hbond substituents is 1. The van der Waals surface area contributed by atoms with Gasteiger partial charge in [0.2, 0.25) is 0 Å². The fourth-order valence-corrected chi connectivity index (χ4v) is 4.42. The first-order valence-corrected chi connectivity index (χ1v) is 11.9. The highest BCUT2D eigenvalue weighted by molar-refractivity contribution is 6.46. The molecule has 1 atom stereocenters. The predicted octanol–water partition coefficient (Wildman–Crippen LogP) is 4.22. The molecule has 9 heteroatoms. The van der Waals surface area contributed by atoms with E-state index in [2.05, 4.69) is 4.90 Å². The van der Waals surface area contributed by atoms with Crippen molar-refractivity contribution in [1.82, 2.24) is 9.80 Å². The lowest BCUT2D eigenvalue weighted by atomic mass is 9.95. The van der Waals surface area contributed by atoms with E-state index in [0.29, 0.717) is 24.5 Å². The van der Waals surface area contributed by atoms with Crippen molar-refractivity contribution in [2.24, 2.45) is 0 Å². The Morgan fingerprint density at radius 1 is 1.09 bits per heavy atom. The topological polar surface area (TPSA) is 99.5 Å². The summed E-state index contributed by atoms with van der Waals surface area (Å²) in [5.74, 6) is -1.26. The molecular weight excluding hydrogens is 472 g/mol. The summed E-state index contributed by atoms with van der Waals surface area (Å²) in [6, 6.07) is 8.43. The van der Waals surface area contributed by atoms with E-state index < -0.39 is 17.7 Å². The van der Waals surface area contributed by atoms with Crippen molar-refractivity contribution in [2.45, 2.75) is 26.8 Å². The van der Waals surface area contributed by atoms with Gasteiger partial charge in [0.15, 0.2) is 11.5 Å². The van der Waals surface area contributed by atoms with Gasteiger partial charge in [0.05, 0.1) is 30.4 Å². The average Bonchev–Trinajstić information content (AvgIpc) is 3.11. The van der Waals surface area contributed by atoms with Crippen molar-refractivity contribution in [2.75, 3.05) is 39.9 Å². The molecule has 8 nitrogen and oxygen atoms in total. The number of benzene rings is 2. The van der Waals surface area contributed by atoms with Crippen LogP contribution in [-0.2, 0) is 9.59 Å². The second kappa shape index (κ2) is 11.5. The molecule has 1 unspecified atom stereocenters. The van der Waals surface area contributed by atoms with Gasteiger partial charge in [-0.05, 0) is 55.9 Å². The summed E-state index contributed by atoms with van der Waals surface area (Å²) in [6.07, 6.45) is 0. The molecule has 0 aliphatic carbocycles. The van der Waals surface area contributed by atoms with E-state index >= 15 is 0 Å². The summed E-state index contributed by atoms with van der Waals surface area (Å²) in [5, 5.41) is 21.6.